The van der Waals surface area contributed by atoms with Crippen LogP contribution in [0.25, 0.3) is 0 Å². The van der Waals surface area contributed by atoms with E-state index in [-0.39, 0.29) is 19.8 Å². The van der Waals surface area contributed by atoms with E-state index < -0.39 is 11.9 Å². The lowest BCUT2D eigenvalue weighted by molar-refractivity contribution is -0.140. The molecule has 0 saturated heterocycles. The molecule has 0 radical (unpaired) electrons. The summed E-state index contributed by atoms with van der Waals surface area (Å²) < 4.78 is 24.4. The van der Waals surface area contributed by atoms with Gasteiger partial charge in [0, 0.05) is 12.2 Å². The van der Waals surface area contributed by atoms with E-state index in [4.69, 9.17) is 24.1 Å². The quantitative estimate of drug-likeness (QED) is 0.271. The largest absolute Gasteiger partial charge is 0.466 e. The van der Waals surface area contributed by atoms with E-state index in [1.165, 1.54) is 7.11 Å². The predicted molar refractivity (Wildman–Crippen MR) is 71.7 cm³/mol. The second-order valence-corrected chi connectivity index (χ2v) is 3.58. The van der Waals surface area contributed by atoms with E-state index in [1.807, 2.05) is 0 Å². The second-order valence-electron chi connectivity index (χ2n) is 3.58. The van der Waals surface area contributed by atoms with Crippen LogP contribution in [-0.2, 0) is 33.3 Å². The van der Waals surface area contributed by atoms with Gasteiger partial charge in [-0.15, -0.1) is 0 Å². The van der Waals surface area contributed by atoms with Crippen LogP contribution in [0.15, 0.2) is 12.2 Å². The molecule has 0 fully saturated rings. The normalized spacial score (nSPS) is 10.8. The lowest BCUT2D eigenvalue weighted by Gasteiger charge is -2.06. The third kappa shape index (κ3) is 14.7. The molecule has 1 N–H and O–H groups in total. The molecular formula is C13H22O8. The zero-order valence-electron chi connectivity index (χ0n) is 12.1. The molecule has 0 aliphatic rings. The molecule has 8 nitrogen and oxygen atoms in total. The van der Waals surface area contributed by atoms with Gasteiger partial charge in [0.15, 0.2) is 0 Å². The Labute approximate surface area is 123 Å². The minimum absolute atomic E-state index is 0.00332. The molecule has 0 bridgehead atoms. The minimum Gasteiger partial charge on any atom is -0.466 e. The molecule has 21 heavy (non-hydrogen) atoms. The molecule has 0 aliphatic carbocycles. The first-order valence-corrected chi connectivity index (χ1v) is 6.47. The molecule has 0 aliphatic heterocycles. The molecule has 0 aromatic carbocycles. The molecule has 0 rings (SSSR count). The number of methoxy groups -OCH3 is 1. The van der Waals surface area contributed by atoms with Crippen LogP contribution in [0.5, 0.6) is 0 Å². The first-order valence-electron chi connectivity index (χ1n) is 6.47. The number of aliphatic hydroxyl groups is 1. The number of aliphatic hydroxyl groups excluding tert-OH is 1. The van der Waals surface area contributed by atoms with Crippen molar-refractivity contribution in [3.05, 3.63) is 12.2 Å². The monoisotopic (exact) mass is 306 g/mol. The standard InChI is InChI=1S/C13H22O8/c1-17-12(15)2-3-13(16)21-11-10-20-9-8-19-7-6-18-5-4-14/h2-3,14H,4-11H2,1H3. The molecule has 0 aromatic rings. The third-order valence-corrected chi connectivity index (χ3v) is 2.01. The molecule has 0 unspecified atom stereocenters. The van der Waals surface area contributed by atoms with Gasteiger partial charge in [-0.3, -0.25) is 0 Å². The summed E-state index contributed by atoms with van der Waals surface area (Å²) in [6, 6.07) is 0. The number of rotatable bonds is 13. The van der Waals surface area contributed by atoms with Crippen molar-refractivity contribution in [2.75, 3.05) is 60.0 Å². The molecule has 8 heteroatoms. The van der Waals surface area contributed by atoms with Gasteiger partial charge >= 0.3 is 11.9 Å². The highest BCUT2D eigenvalue weighted by molar-refractivity contribution is 5.91. The fourth-order valence-corrected chi connectivity index (χ4v) is 1.06. The first kappa shape index (κ1) is 19.5. The van der Waals surface area contributed by atoms with E-state index in [0.29, 0.717) is 33.0 Å². The predicted octanol–water partition coefficient (Wildman–Crippen LogP) is -0.699. The van der Waals surface area contributed by atoms with Crippen LogP contribution in [-0.4, -0.2) is 77.0 Å². The molecule has 122 valence electrons. The number of carbonyl (C=O) groups excluding carboxylic acids is 2. The summed E-state index contributed by atoms with van der Waals surface area (Å²) in [6.07, 6.45) is 1.97. The molecule has 0 heterocycles. The van der Waals surface area contributed by atoms with Crippen LogP contribution in [0, 0.1) is 0 Å². The molecule has 0 saturated carbocycles. The highest BCUT2D eigenvalue weighted by atomic mass is 16.6. The van der Waals surface area contributed by atoms with Crippen LogP contribution in [0.1, 0.15) is 0 Å². The third-order valence-electron chi connectivity index (χ3n) is 2.01. The molecule has 0 aromatic heterocycles. The Morgan fingerprint density at radius 3 is 1.81 bits per heavy atom. The van der Waals surface area contributed by atoms with Crippen LogP contribution < -0.4 is 0 Å². The Hall–Kier alpha value is -1.48. The van der Waals surface area contributed by atoms with Gasteiger partial charge in [-0.25, -0.2) is 9.59 Å². The van der Waals surface area contributed by atoms with Gasteiger partial charge in [0.25, 0.3) is 0 Å². The molecule has 0 spiro atoms. The SMILES string of the molecule is COC(=O)C=CC(=O)OCCOCCOCCOCCO. The van der Waals surface area contributed by atoms with Crippen molar-refractivity contribution in [2.45, 2.75) is 0 Å². The zero-order valence-corrected chi connectivity index (χ0v) is 12.1. The number of carbonyl (C=O) groups is 2. The van der Waals surface area contributed by atoms with Crippen molar-refractivity contribution in [3.8, 4) is 0 Å². The average molecular weight is 306 g/mol. The van der Waals surface area contributed by atoms with E-state index in [9.17, 15) is 9.59 Å². The van der Waals surface area contributed by atoms with Crippen LogP contribution in [0.4, 0.5) is 0 Å². The van der Waals surface area contributed by atoms with Crippen molar-refractivity contribution < 1.29 is 38.4 Å². The summed E-state index contributed by atoms with van der Waals surface area (Å²) in [6.45, 7) is 2.24. The maximum atomic E-state index is 11.1. The summed E-state index contributed by atoms with van der Waals surface area (Å²) in [5.41, 5.74) is 0. The van der Waals surface area contributed by atoms with Gasteiger partial charge in [-0.1, -0.05) is 0 Å². The maximum Gasteiger partial charge on any atom is 0.331 e. The summed E-state index contributed by atoms with van der Waals surface area (Å²) in [5, 5.41) is 8.45. The summed E-state index contributed by atoms with van der Waals surface area (Å²) in [7, 11) is 1.21. The molecule has 0 atom stereocenters. The van der Waals surface area contributed by atoms with Crippen molar-refractivity contribution in [2.24, 2.45) is 0 Å². The van der Waals surface area contributed by atoms with Gasteiger partial charge in [0.05, 0.1) is 53.4 Å². The number of hydrogen-bond donors (Lipinski definition) is 1. The van der Waals surface area contributed by atoms with Gasteiger partial charge in [-0.2, -0.15) is 0 Å². The maximum absolute atomic E-state index is 11.1. The van der Waals surface area contributed by atoms with Crippen molar-refractivity contribution in [3.63, 3.8) is 0 Å². The van der Waals surface area contributed by atoms with E-state index in [1.54, 1.807) is 0 Å². The Kier molecular flexibility index (Phi) is 13.9. The first-order chi connectivity index (χ1) is 10.2. The Bertz CT molecular complexity index is 303. The Balaban J connectivity index is 3.27. The Morgan fingerprint density at radius 1 is 0.810 bits per heavy atom. The van der Waals surface area contributed by atoms with Crippen molar-refractivity contribution >= 4 is 11.9 Å². The lowest BCUT2D eigenvalue weighted by Crippen LogP contribution is -2.13. The fraction of sp³-hybridized carbons (Fsp3) is 0.692. The number of ether oxygens (including phenoxy) is 5. The van der Waals surface area contributed by atoms with Crippen LogP contribution >= 0.6 is 0 Å². The summed E-state index contributed by atoms with van der Waals surface area (Å²) in [4.78, 5) is 21.8. The molecular weight excluding hydrogens is 284 g/mol. The van der Waals surface area contributed by atoms with Crippen LogP contribution in [0.3, 0.4) is 0 Å². The smallest absolute Gasteiger partial charge is 0.331 e. The second kappa shape index (κ2) is 14.9. The highest BCUT2D eigenvalue weighted by Crippen LogP contribution is 1.86. The Morgan fingerprint density at radius 2 is 1.29 bits per heavy atom. The minimum atomic E-state index is -0.638. The van der Waals surface area contributed by atoms with Gasteiger partial charge < -0.3 is 28.8 Å². The van der Waals surface area contributed by atoms with E-state index in [0.717, 1.165) is 12.2 Å². The molecule has 0 amide bonds. The van der Waals surface area contributed by atoms with Gasteiger partial charge in [0.1, 0.15) is 6.61 Å². The van der Waals surface area contributed by atoms with Crippen molar-refractivity contribution in [1.29, 1.82) is 0 Å². The van der Waals surface area contributed by atoms with Gasteiger partial charge in [-0.05, 0) is 0 Å². The van der Waals surface area contributed by atoms with Crippen molar-refractivity contribution in [1.82, 2.24) is 0 Å². The van der Waals surface area contributed by atoms with Crippen LogP contribution in [0.2, 0.25) is 0 Å². The van der Waals surface area contributed by atoms with E-state index in [2.05, 4.69) is 4.74 Å². The summed E-state index contributed by atoms with van der Waals surface area (Å²) in [5.74, 6) is -1.26. The number of hydrogen-bond acceptors (Lipinski definition) is 8. The average Bonchev–Trinajstić information content (AvgIpc) is 2.50. The lowest BCUT2D eigenvalue weighted by atomic mass is 10.5. The fourth-order valence-electron chi connectivity index (χ4n) is 1.06. The van der Waals surface area contributed by atoms with Gasteiger partial charge in [0.2, 0.25) is 0 Å². The summed E-state index contributed by atoms with van der Waals surface area (Å²) >= 11 is 0. The van der Waals surface area contributed by atoms with E-state index >= 15 is 0 Å². The highest BCUT2D eigenvalue weighted by Gasteiger charge is 1.99. The number of esters is 2. The topological polar surface area (TPSA) is 101 Å². The zero-order chi connectivity index (χ0) is 15.8.